The van der Waals surface area contributed by atoms with E-state index in [1.807, 2.05) is 0 Å². The fraction of sp³-hybridized carbons (Fsp3) is 0.333. The van der Waals surface area contributed by atoms with Crippen molar-refractivity contribution in [3.05, 3.63) is 28.3 Å². The molecule has 0 atom stereocenters. The van der Waals surface area contributed by atoms with Crippen LogP contribution in [0, 0.1) is 10.1 Å². The molecule has 17 heavy (non-hydrogen) atoms. The minimum Gasteiger partial charge on any atom is -0.393 e. The summed E-state index contributed by atoms with van der Waals surface area (Å²) in [4.78, 5) is 9.66. The molecule has 0 spiro atoms. The quantitative estimate of drug-likeness (QED) is 0.466. The average Bonchev–Trinajstić information content (AvgIpc) is 3.00. The molecule has 3 N–H and O–H groups in total. The van der Waals surface area contributed by atoms with Gasteiger partial charge in [0, 0.05) is 6.04 Å². The van der Waals surface area contributed by atoms with Crippen molar-refractivity contribution in [3.8, 4) is 0 Å². The van der Waals surface area contributed by atoms with Crippen LogP contribution in [0.4, 0.5) is 11.4 Å². The third-order valence-corrected chi connectivity index (χ3v) is 3.95. The van der Waals surface area contributed by atoms with Crippen LogP contribution < -0.4 is 10.5 Å². The third kappa shape index (κ3) is 2.37. The van der Waals surface area contributed by atoms with Gasteiger partial charge in [-0.25, -0.2) is 13.1 Å². The molecular weight excluding hydrogens is 246 g/mol. The molecule has 7 nitrogen and oxygen atoms in total. The molecule has 1 aromatic rings. The summed E-state index contributed by atoms with van der Waals surface area (Å²) in [7, 11) is -3.87. The van der Waals surface area contributed by atoms with Gasteiger partial charge in [0.2, 0.25) is 10.0 Å². The van der Waals surface area contributed by atoms with Crippen molar-refractivity contribution in [2.24, 2.45) is 0 Å². The lowest BCUT2D eigenvalue weighted by atomic mass is 10.3. The van der Waals surface area contributed by atoms with E-state index < -0.39 is 20.6 Å². The number of nitrogen functional groups attached to an aromatic ring is 1. The van der Waals surface area contributed by atoms with Crippen LogP contribution in [0.1, 0.15) is 12.8 Å². The van der Waals surface area contributed by atoms with Crippen molar-refractivity contribution in [2.45, 2.75) is 23.8 Å². The van der Waals surface area contributed by atoms with Crippen molar-refractivity contribution >= 4 is 21.4 Å². The Labute approximate surface area is 97.8 Å². The zero-order valence-corrected chi connectivity index (χ0v) is 9.61. The molecule has 8 heteroatoms. The summed E-state index contributed by atoms with van der Waals surface area (Å²) < 4.78 is 26.2. The zero-order valence-electron chi connectivity index (χ0n) is 8.79. The predicted octanol–water partition coefficient (Wildman–Crippen LogP) is 0.618. The lowest BCUT2D eigenvalue weighted by Gasteiger charge is -2.07. The molecular formula is C9H11N3O4S. The zero-order chi connectivity index (χ0) is 12.6. The Balaban J connectivity index is 2.50. The summed E-state index contributed by atoms with van der Waals surface area (Å²) in [5.41, 5.74) is 4.70. The van der Waals surface area contributed by atoms with Crippen LogP contribution in [0.3, 0.4) is 0 Å². The highest BCUT2D eigenvalue weighted by Gasteiger charge is 2.33. The number of nitrogens with one attached hydrogen (secondary N) is 1. The van der Waals surface area contributed by atoms with Gasteiger partial charge in [-0.2, -0.15) is 0 Å². The first-order chi connectivity index (χ1) is 7.92. The van der Waals surface area contributed by atoms with E-state index in [0.717, 1.165) is 12.8 Å². The van der Waals surface area contributed by atoms with Crippen LogP contribution >= 0.6 is 0 Å². The van der Waals surface area contributed by atoms with Gasteiger partial charge in [0.25, 0.3) is 0 Å². The summed E-state index contributed by atoms with van der Waals surface area (Å²) in [6.45, 7) is 0. The SMILES string of the molecule is Nc1cccc(S(=O)(=O)NC2CC2)c1[N+](=O)[O-]. The number of para-hydroxylation sites is 1. The summed E-state index contributed by atoms with van der Waals surface area (Å²) in [6.07, 6.45) is 1.52. The Hall–Kier alpha value is -1.67. The van der Waals surface area contributed by atoms with E-state index in [4.69, 9.17) is 5.73 Å². The van der Waals surface area contributed by atoms with Crippen molar-refractivity contribution in [1.29, 1.82) is 0 Å². The molecule has 0 radical (unpaired) electrons. The highest BCUT2D eigenvalue weighted by Crippen LogP contribution is 2.31. The van der Waals surface area contributed by atoms with Crippen LogP contribution in [0.2, 0.25) is 0 Å². The summed E-state index contributed by atoms with van der Waals surface area (Å²) in [5, 5.41) is 10.8. The van der Waals surface area contributed by atoms with Gasteiger partial charge in [-0.3, -0.25) is 10.1 Å². The molecule has 1 fully saturated rings. The highest BCUT2D eigenvalue weighted by molar-refractivity contribution is 7.89. The van der Waals surface area contributed by atoms with Gasteiger partial charge in [0.15, 0.2) is 4.90 Å². The smallest absolute Gasteiger partial charge is 0.312 e. The lowest BCUT2D eigenvalue weighted by molar-refractivity contribution is -0.386. The number of rotatable bonds is 4. The van der Waals surface area contributed by atoms with Gasteiger partial charge in [-0.15, -0.1) is 0 Å². The Kier molecular flexibility index (Phi) is 2.76. The molecule has 0 aromatic heterocycles. The average molecular weight is 257 g/mol. The number of hydrogen-bond acceptors (Lipinski definition) is 5. The fourth-order valence-electron chi connectivity index (χ4n) is 1.44. The molecule has 0 aliphatic heterocycles. The van der Waals surface area contributed by atoms with Gasteiger partial charge in [0.1, 0.15) is 5.69 Å². The van der Waals surface area contributed by atoms with Crippen molar-refractivity contribution in [2.75, 3.05) is 5.73 Å². The molecule has 0 heterocycles. The summed E-state index contributed by atoms with van der Waals surface area (Å²) in [5.74, 6) is 0. The van der Waals surface area contributed by atoms with Crippen LogP contribution in [0.5, 0.6) is 0 Å². The maximum absolute atomic E-state index is 11.9. The molecule has 1 aromatic carbocycles. The van der Waals surface area contributed by atoms with Gasteiger partial charge >= 0.3 is 5.69 Å². The Morgan fingerprint density at radius 1 is 1.41 bits per heavy atom. The van der Waals surface area contributed by atoms with Crippen molar-refractivity contribution < 1.29 is 13.3 Å². The number of benzene rings is 1. The second kappa shape index (κ2) is 3.97. The predicted molar refractivity (Wildman–Crippen MR) is 60.9 cm³/mol. The largest absolute Gasteiger partial charge is 0.393 e. The van der Waals surface area contributed by atoms with Crippen LogP contribution in [-0.4, -0.2) is 19.4 Å². The number of anilines is 1. The van der Waals surface area contributed by atoms with E-state index in [2.05, 4.69) is 4.72 Å². The van der Waals surface area contributed by atoms with Crippen LogP contribution in [-0.2, 0) is 10.0 Å². The summed E-state index contributed by atoms with van der Waals surface area (Å²) >= 11 is 0. The van der Waals surface area contributed by atoms with Crippen LogP contribution in [0.15, 0.2) is 23.1 Å². The van der Waals surface area contributed by atoms with Crippen LogP contribution in [0.25, 0.3) is 0 Å². The van der Waals surface area contributed by atoms with Gasteiger partial charge in [-0.1, -0.05) is 6.07 Å². The Morgan fingerprint density at radius 2 is 2.06 bits per heavy atom. The third-order valence-electron chi connectivity index (χ3n) is 2.40. The second-order valence-electron chi connectivity index (χ2n) is 3.85. The van der Waals surface area contributed by atoms with E-state index in [1.165, 1.54) is 18.2 Å². The van der Waals surface area contributed by atoms with E-state index >= 15 is 0 Å². The van der Waals surface area contributed by atoms with Gasteiger partial charge < -0.3 is 5.73 Å². The topological polar surface area (TPSA) is 115 Å². The lowest BCUT2D eigenvalue weighted by Crippen LogP contribution is -2.26. The van der Waals surface area contributed by atoms with E-state index in [0.29, 0.717) is 0 Å². The number of nitrogens with two attached hydrogens (primary N) is 1. The fourth-order valence-corrected chi connectivity index (χ4v) is 2.94. The number of sulfonamides is 1. The van der Waals surface area contributed by atoms with Gasteiger partial charge in [-0.05, 0) is 25.0 Å². The highest BCUT2D eigenvalue weighted by atomic mass is 32.2. The number of nitro benzene ring substituents is 1. The van der Waals surface area contributed by atoms with Gasteiger partial charge in [0.05, 0.1) is 4.92 Å². The maximum Gasteiger partial charge on any atom is 0.312 e. The first-order valence-corrected chi connectivity index (χ1v) is 6.45. The second-order valence-corrected chi connectivity index (χ2v) is 5.53. The standard InChI is InChI=1S/C9H11N3O4S/c10-7-2-1-3-8(9(7)12(13)14)17(15,16)11-6-4-5-6/h1-3,6,11H,4-5,10H2. The molecule has 1 aliphatic carbocycles. The normalized spacial score (nSPS) is 15.8. The molecule has 1 saturated carbocycles. The molecule has 0 unspecified atom stereocenters. The number of nitrogens with zero attached hydrogens (tertiary/aromatic N) is 1. The first-order valence-electron chi connectivity index (χ1n) is 4.97. The number of hydrogen-bond donors (Lipinski definition) is 2. The maximum atomic E-state index is 11.9. The molecule has 2 rings (SSSR count). The summed E-state index contributed by atoms with van der Waals surface area (Å²) in [6, 6.07) is 3.75. The molecule has 1 aliphatic rings. The minimum absolute atomic E-state index is 0.110. The number of nitro groups is 1. The van der Waals surface area contributed by atoms with E-state index in [9.17, 15) is 18.5 Å². The van der Waals surface area contributed by atoms with Crippen molar-refractivity contribution in [1.82, 2.24) is 4.72 Å². The monoisotopic (exact) mass is 257 g/mol. The van der Waals surface area contributed by atoms with Crippen molar-refractivity contribution in [3.63, 3.8) is 0 Å². The molecule has 0 bridgehead atoms. The Morgan fingerprint density at radius 3 is 2.59 bits per heavy atom. The molecule has 0 amide bonds. The van der Waals surface area contributed by atoms with E-state index in [-0.39, 0.29) is 16.6 Å². The Bertz CT molecular complexity index is 566. The minimum atomic E-state index is -3.87. The molecule has 92 valence electrons. The van der Waals surface area contributed by atoms with E-state index in [1.54, 1.807) is 0 Å². The first kappa shape index (κ1) is 11.8. The molecule has 0 saturated heterocycles.